The van der Waals surface area contributed by atoms with Crippen molar-refractivity contribution in [2.45, 2.75) is 25.7 Å². The number of nitrogens with one attached hydrogen (secondary N) is 2. The van der Waals surface area contributed by atoms with E-state index in [1.54, 1.807) is 0 Å². The molecule has 0 unspecified atom stereocenters. The number of nitrogens with zero attached hydrogens (tertiary/aromatic N) is 3. The van der Waals surface area contributed by atoms with Crippen molar-refractivity contribution in [1.29, 1.82) is 0 Å². The SMILES string of the molecule is O=C(Nc1nonc1/C(=N\O)Nc1ccc(F)c(Br)c1)C1CCCC1. The number of amides is 1. The van der Waals surface area contributed by atoms with E-state index >= 15 is 0 Å². The van der Waals surface area contributed by atoms with Gasteiger partial charge in [-0.15, -0.1) is 0 Å². The van der Waals surface area contributed by atoms with Crippen LogP contribution in [0.3, 0.4) is 0 Å². The van der Waals surface area contributed by atoms with E-state index in [9.17, 15) is 14.4 Å². The van der Waals surface area contributed by atoms with Gasteiger partial charge in [-0.1, -0.05) is 18.0 Å². The summed E-state index contributed by atoms with van der Waals surface area (Å²) < 4.78 is 18.2. The standard InChI is InChI=1S/C15H15BrFN5O3/c16-10-7-9(5-6-11(10)17)18-13(20-24)12-14(22-25-21-12)19-15(23)8-3-1-2-4-8/h5-8,24H,1-4H2,(H,18,20)(H,19,22,23). The molecule has 2 aromatic rings. The Bertz CT molecular complexity index is 804. The number of benzene rings is 1. The van der Waals surface area contributed by atoms with Gasteiger partial charge in [0, 0.05) is 11.6 Å². The number of aromatic nitrogens is 2. The quantitative estimate of drug-likeness (QED) is 0.307. The van der Waals surface area contributed by atoms with Crippen LogP contribution in [0.2, 0.25) is 0 Å². The van der Waals surface area contributed by atoms with Crippen LogP contribution in [0, 0.1) is 11.7 Å². The van der Waals surface area contributed by atoms with Gasteiger partial charge in [0.1, 0.15) is 5.82 Å². The minimum atomic E-state index is -0.430. The molecule has 1 amide bonds. The molecule has 8 nitrogen and oxygen atoms in total. The summed E-state index contributed by atoms with van der Waals surface area (Å²) in [7, 11) is 0. The second-order valence-corrected chi connectivity index (χ2v) is 6.49. The van der Waals surface area contributed by atoms with Crippen LogP contribution in [-0.2, 0) is 4.79 Å². The van der Waals surface area contributed by atoms with E-state index in [1.807, 2.05) is 0 Å². The van der Waals surface area contributed by atoms with Gasteiger partial charge in [-0.2, -0.15) is 0 Å². The summed E-state index contributed by atoms with van der Waals surface area (Å²) >= 11 is 3.07. The molecule has 1 aromatic heterocycles. The second-order valence-electron chi connectivity index (χ2n) is 5.63. The number of amidine groups is 1. The van der Waals surface area contributed by atoms with E-state index in [1.165, 1.54) is 18.2 Å². The van der Waals surface area contributed by atoms with E-state index in [-0.39, 0.29) is 33.6 Å². The van der Waals surface area contributed by atoms with Crippen molar-refractivity contribution in [1.82, 2.24) is 10.3 Å². The fraction of sp³-hybridized carbons (Fsp3) is 0.333. The molecule has 25 heavy (non-hydrogen) atoms. The minimum absolute atomic E-state index is 0.0364. The summed E-state index contributed by atoms with van der Waals surface area (Å²) in [6, 6.07) is 4.16. The highest BCUT2D eigenvalue weighted by molar-refractivity contribution is 9.10. The molecular formula is C15H15BrFN5O3. The Balaban J connectivity index is 1.76. The average molecular weight is 412 g/mol. The summed E-state index contributed by atoms with van der Waals surface area (Å²) in [6.07, 6.45) is 3.70. The lowest BCUT2D eigenvalue weighted by atomic mass is 10.1. The number of rotatable bonds is 4. The monoisotopic (exact) mass is 411 g/mol. The number of anilines is 2. The Kier molecular flexibility index (Phi) is 5.27. The molecule has 0 bridgehead atoms. The number of halogens is 2. The van der Waals surface area contributed by atoms with E-state index in [2.05, 4.69) is 46.7 Å². The summed E-state index contributed by atoms with van der Waals surface area (Å²) in [4.78, 5) is 12.2. The highest BCUT2D eigenvalue weighted by Gasteiger charge is 2.26. The zero-order valence-corrected chi connectivity index (χ0v) is 14.6. The van der Waals surface area contributed by atoms with E-state index in [0.717, 1.165) is 25.7 Å². The maximum absolute atomic E-state index is 13.3. The molecule has 0 spiro atoms. The molecule has 3 N–H and O–H groups in total. The molecule has 1 aromatic carbocycles. The van der Waals surface area contributed by atoms with Crippen LogP contribution in [0.1, 0.15) is 31.4 Å². The molecule has 3 rings (SSSR count). The predicted octanol–water partition coefficient (Wildman–Crippen LogP) is 3.35. The van der Waals surface area contributed by atoms with Crippen molar-refractivity contribution in [2.75, 3.05) is 10.6 Å². The van der Waals surface area contributed by atoms with E-state index in [4.69, 9.17) is 0 Å². The van der Waals surface area contributed by atoms with Crippen LogP contribution < -0.4 is 10.6 Å². The van der Waals surface area contributed by atoms with Crippen molar-refractivity contribution >= 4 is 39.2 Å². The zero-order valence-electron chi connectivity index (χ0n) is 13.0. The topological polar surface area (TPSA) is 113 Å². The fourth-order valence-corrected chi connectivity index (χ4v) is 3.05. The lowest BCUT2D eigenvalue weighted by Gasteiger charge is -2.10. The van der Waals surface area contributed by atoms with Gasteiger partial charge in [0.05, 0.1) is 4.47 Å². The summed E-state index contributed by atoms with van der Waals surface area (Å²) in [5.41, 5.74) is 0.478. The van der Waals surface area contributed by atoms with Crippen molar-refractivity contribution in [3.63, 3.8) is 0 Å². The molecule has 1 aliphatic rings. The van der Waals surface area contributed by atoms with Gasteiger partial charge < -0.3 is 15.8 Å². The van der Waals surface area contributed by atoms with Crippen LogP contribution in [0.4, 0.5) is 15.9 Å². The van der Waals surface area contributed by atoms with Gasteiger partial charge in [0.15, 0.2) is 5.69 Å². The summed E-state index contributed by atoms with van der Waals surface area (Å²) in [6.45, 7) is 0. The van der Waals surface area contributed by atoms with Gasteiger partial charge in [-0.05, 0) is 57.3 Å². The summed E-state index contributed by atoms with van der Waals surface area (Å²) in [5.74, 6) is -0.711. The normalized spacial score (nSPS) is 15.4. The second kappa shape index (κ2) is 7.60. The first-order chi connectivity index (χ1) is 12.1. The largest absolute Gasteiger partial charge is 0.409 e. The fourth-order valence-electron chi connectivity index (χ4n) is 2.67. The van der Waals surface area contributed by atoms with Crippen molar-refractivity contribution in [3.05, 3.63) is 34.2 Å². The number of carbonyl (C=O) groups excluding carboxylic acids is 1. The highest BCUT2D eigenvalue weighted by atomic mass is 79.9. The van der Waals surface area contributed by atoms with Crippen LogP contribution in [0.25, 0.3) is 0 Å². The molecular weight excluding hydrogens is 397 g/mol. The zero-order chi connectivity index (χ0) is 17.8. The Morgan fingerprint density at radius 2 is 2.08 bits per heavy atom. The maximum atomic E-state index is 13.3. The number of oxime groups is 1. The van der Waals surface area contributed by atoms with Crippen molar-refractivity contribution in [2.24, 2.45) is 11.1 Å². The summed E-state index contributed by atoms with van der Waals surface area (Å²) in [5, 5.41) is 25.1. The van der Waals surface area contributed by atoms with Crippen molar-refractivity contribution in [3.8, 4) is 0 Å². The van der Waals surface area contributed by atoms with Gasteiger partial charge in [0.25, 0.3) is 0 Å². The molecule has 0 saturated heterocycles. The lowest BCUT2D eigenvalue weighted by molar-refractivity contribution is -0.119. The minimum Gasteiger partial charge on any atom is -0.409 e. The van der Waals surface area contributed by atoms with Crippen LogP contribution in [0.15, 0.2) is 32.5 Å². The Labute approximate surface area is 150 Å². The van der Waals surface area contributed by atoms with Gasteiger partial charge in [0.2, 0.25) is 17.6 Å². The Hall–Kier alpha value is -2.49. The van der Waals surface area contributed by atoms with E-state index < -0.39 is 5.82 Å². The Morgan fingerprint density at radius 3 is 2.76 bits per heavy atom. The smallest absolute Gasteiger partial charge is 0.228 e. The molecule has 1 saturated carbocycles. The first kappa shape index (κ1) is 17.3. The molecule has 132 valence electrons. The predicted molar refractivity (Wildman–Crippen MR) is 90.9 cm³/mol. The van der Waals surface area contributed by atoms with Crippen LogP contribution >= 0.6 is 15.9 Å². The van der Waals surface area contributed by atoms with Gasteiger partial charge in [-0.3, -0.25) is 4.79 Å². The average Bonchev–Trinajstić information content (AvgIpc) is 3.27. The first-order valence-corrected chi connectivity index (χ1v) is 8.45. The molecule has 1 heterocycles. The first-order valence-electron chi connectivity index (χ1n) is 7.66. The van der Waals surface area contributed by atoms with Crippen molar-refractivity contribution < 1.29 is 19.0 Å². The molecule has 1 fully saturated rings. The number of carbonyl (C=O) groups is 1. The maximum Gasteiger partial charge on any atom is 0.228 e. The Morgan fingerprint density at radius 1 is 1.32 bits per heavy atom. The molecule has 0 aliphatic heterocycles. The third kappa shape index (κ3) is 3.95. The number of hydrogen-bond acceptors (Lipinski definition) is 6. The van der Waals surface area contributed by atoms with Crippen LogP contribution in [0.5, 0.6) is 0 Å². The molecule has 0 atom stereocenters. The number of hydrogen-bond donors (Lipinski definition) is 3. The van der Waals surface area contributed by atoms with E-state index in [0.29, 0.717) is 5.69 Å². The third-order valence-corrected chi connectivity index (χ3v) is 4.57. The molecule has 0 radical (unpaired) electrons. The molecule has 10 heteroatoms. The third-order valence-electron chi connectivity index (χ3n) is 3.96. The van der Waals surface area contributed by atoms with Gasteiger partial charge >= 0.3 is 0 Å². The lowest BCUT2D eigenvalue weighted by Crippen LogP contribution is -2.23. The van der Waals surface area contributed by atoms with Crippen LogP contribution in [-0.4, -0.2) is 27.3 Å². The van der Waals surface area contributed by atoms with Gasteiger partial charge in [-0.25, -0.2) is 9.02 Å². The highest BCUT2D eigenvalue weighted by Crippen LogP contribution is 2.26. The molecule has 1 aliphatic carbocycles.